The van der Waals surface area contributed by atoms with Gasteiger partial charge in [-0.15, -0.1) is 0 Å². The average molecular weight is 480 g/mol. The number of benzene rings is 2. The second kappa shape index (κ2) is 10.6. The second-order valence-electron chi connectivity index (χ2n) is 8.40. The Kier molecular flexibility index (Phi) is 7.33. The van der Waals surface area contributed by atoms with E-state index in [1.807, 2.05) is 19.9 Å². The minimum absolute atomic E-state index is 0.199. The fourth-order valence-corrected chi connectivity index (χ4v) is 4.24. The highest BCUT2D eigenvalue weighted by molar-refractivity contribution is 5.91. The van der Waals surface area contributed by atoms with Crippen LogP contribution in [0.15, 0.2) is 42.5 Å². The zero-order chi connectivity index (χ0) is 24.9. The van der Waals surface area contributed by atoms with Crippen LogP contribution in [-0.4, -0.2) is 61.3 Å². The minimum Gasteiger partial charge on any atom is -0.497 e. The SMILES string of the molecule is COc1ccc(NC(=O)N2CCN(c3nc(C)nc(C)c3Cc3ccccc3F)CC2)c(OC)c1. The highest BCUT2D eigenvalue weighted by atomic mass is 19.1. The Morgan fingerprint density at radius 1 is 1.03 bits per heavy atom. The van der Waals surface area contributed by atoms with Crippen LogP contribution < -0.4 is 19.7 Å². The molecule has 0 radical (unpaired) electrons. The van der Waals surface area contributed by atoms with Crippen LogP contribution in [0.5, 0.6) is 11.5 Å². The van der Waals surface area contributed by atoms with Gasteiger partial charge in [0.25, 0.3) is 0 Å². The van der Waals surface area contributed by atoms with E-state index in [0.717, 1.165) is 17.1 Å². The van der Waals surface area contributed by atoms with Crippen LogP contribution in [0.25, 0.3) is 0 Å². The molecule has 2 heterocycles. The molecule has 1 aliphatic rings. The number of hydrogen-bond donors (Lipinski definition) is 1. The molecular formula is C26H30FN5O3. The second-order valence-corrected chi connectivity index (χ2v) is 8.40. The molecule has 1 saturated heterocycles. The number of rotatable bonds is 6. The van der Waals surface area contributed by atoms with Gasteiger partial charge < -0.3 is 24.6 Å². The molecule has 2 amide bonds. The Morgan fingerprint density at radius 3 is 2.46 bits per heavy atom. The van der Waals surface area contributed by atoms with Crippen molar-refractivity contribution in [2.75, 3.05) is 50.6 Å². The quantitative estimate of drug-likeness (QED) is 0.571. The Bertz CT molecular complexity index is 1210. The molecule has 1 fully saturated rings. The Labute approximate surface area is 204 Å². The molecule has 0 spiro atoms. The number of piperazine rings is 1. The number of halogens is 1. The number of urea groups is 1. The Morgan fingerprint density at radius 2 is 1.77 bits per heavy atom. The molecule has 0 unspecified atom stereocenters. The van der Waals surface area contributed by atoms with Gasteiger partial charge in [-0.05, 0) is 37.6 Å². The summed E-state index contributed by atoms with van der Waals surface area (Å²) in [4.78, 5) is 26.1. The molecular weight excluding hydrogens is 449 g/mol. The van der Waals surface area contributed by atoms with Crippen molar-refractivity contribution in [2.24, 2.45) is 0 Å². The lowest BCUT2D eigenvalue weighted by atomic mass is 10.0. The number of methoxy groups -OCH3 is 2. The van der Waals surface area contributed by atoms with Crippen LogP contribution in [-0.2, 0) is 6.42 Å². The molecule has 1 aliphatic heterocycles. The third-order valence-corrected chi connectivity index (χ3v) is 6.15. The maximum absolute atomic E-state index is 14.4. The molecule has 184 valence electrons. The van der Waals surface area contributed by atoms with Crippen LogP contribution in [0.1, 0.15) is 22.6 Å². The molecule has 9 heteroatoms. The highest BCUT2D eigenvalue weighted by Gasteiger charge is 2.25. The van der Waals surface area contributed by atoms with Gasteiger partial charge in [0, 0.05) is 49.9 Å². The predicted octanol–water partition coefficient (Wildman–Crippen LogP) is 4.19. The molecule has 1 N–H and O–H groups in total. The van der Waals surface area contributed by atoms with Gasteiger partial charge in [-0.3, -0.25) is 0 Å². The van der Waals surface area contributed by atoms with E-state index in [2.05, 4.69) is 15.2 Å². The number of ether oxygens (including phenoxy) is 2. The molecule has 8 nitrogen and oxygen atoms in total. The summed E-state index contributed by atoms with van der Waals surface area (Å²) in [6.45, 7) is 6.04. The summed E-state index contributed by atoms with van der Waals surface area (Å²) in [6, 6.07) is 11.8. The lowest BCUT2D eigenvalue weighted by Crippen LogP contribution is -2.50. The van der Waals surface area contributed by atoms with Crippen molar-refractivity contribution < 1.29 is 18.7 Å². The highest BCUT2D eigenvalue weighted by Crippen LogP contribution is 2.30. The molecule has 0 atom stereocenters. The lowest BCUT2D eigenvalue weighted by Gasteiger charge is -2.36. The van der Waals surface area contributed by atoms with Gasteiger partial charge in [-0.1, -0.05) is 18.2 Å². The van der Waals surface area contributed by atoms with Crippen LogP contribution >= 0.6 is 0 Å². The maximum Gasteiger partial charge on any atom is 0.322 e. The summed E-state index contributed by atoms with van der Waals surface area (Å²) >= 11 is 0. The number of aromatic nitrogens is 2. The summed E-state index contributed by atoms with van der Waals surface area (Å²) < 4.78 is 25.0. The molecule has 0 bridgehead atoms. The normalized spacial score (nSPS) is 13.5. The summed E-state index contributed by atoms with van der Waals surface area (Å²) in [5.74, 6) is 2.40. The van der Waals surface area contributed by atoms with Gasteiger partial charge in [0.05, 0.1) is 19.9 Å². The molecule has 4 rings (SSSR count). The van der Waals surface area contributed by atoms with Crippen molar-refractivity contribution in [1.29, 1.82) is 0 Å². The van der Waals surface area contributed by atoms with E-state index >= 15 is 0 Å². The van der Waals surface area contributed by atoms with E-state index in [4.69, 9.17) is 14.5 Å². The first-order valence-corrected chi connectivity index (χ1v) is 11.5. The number of carbonyl (C=O) groups excluding carboxylic acids is 1. The number of nitrogens with one attached hydrogen (secondary N) is 1. The number of amides is 2. The first-order chi connectivity index (χ1) is 16.9. The van der Waals surface area contributed by atoms with Crippen molar-refractivity contribution >= 4 is 17.5 Å². The van der Waals surface area contributed by atoms with E-state index < -0.39 is 0 Å². The van der Waals surface area contributed by atoms with Gasteiger partial charge >= 0.3 is 6.03 Å². The first kappa shape index (κ1) is 24.3. The third-order valence-electron chi connectivity index (χ3n) is 6.15. The van der Waals surface area contributed by atoms with Gasteiger partial charge in [-0.2, -0.15) is 0 Å². The van der Waals surface area contributed by atoms with E-state index in [9.17, 15) is 9.18 Å². The van der Waals surface area contributed by atoms with Gasteiger partial charge in [0.1, 0.15) is 29.0 Å². The largest absolute Gasteiger partial charge is 0.497 e. The van der Waals surface area contributed by atoms with Crippen LogP contribution in [0.4, 0.5) is 20.7 Å². The zero-order valence-electron chi connectivity index (χ0n) is 20.5. The number of aryl methyl sites for hydroxylation is 2. The Balaban J connectivity index is 1.47. The standard InChI is InChI=1S/C26H30FN5O3/c1-17-21(15-19-7-5-6-8-22(19)27)25(29-18(2)28-17)31-11-13-32(14-12-31)26(33)30-23-10-9-20(34-3)16-24(23)35-4/h5-10,16H,11-15H2,1-4H3,(H,30,33). The minimum atomic E-state index is -0.242. The summed E-state index contributed by atoms with van der Waals surface area (Å²) in [5.41, 5.74) is 2.93. The van der Waals surface area contributed by atoms with Crippen LogP contribution in [0.2, 0.25) is 0 Å². The van der Waals surface area contributed by atoms with Crippen molar-refractivity contribution in [2.45, 2.75) is 20.3 Å². The molecule has 0 saturated carbocycles. The molecule has 1 aromatic heterocycles. The predicted molar refractivity (Wildman–Crippen MR) is 133 cm³/mol. The molecule has 35 heavy (non-hydrogen) atoms. The van der Waals surface area contributed by atoms with Gasteiger partial charge in [-0.25, -0.2) is 19.2 Å². The summed E-state index contributed by atoms with van der Waals surface area (Å²) in [6.07, 6.45) is 0.409. The van der Waals surface area contributed by atoms with E-state index in [1.54, 1.807) is 49.5 Å². The number of hydrogen-bond acceptors (Lipinski definition) is 6. The van der Waals surface area contributed by atoms with Crippen molar-refractivity contribution in [1.82, 2.24) is 14.9 Å². The third kappa shape index (κ3) is 5.45. The molecule has 3 aromatic rings. The molecule has 2 aromatic carbocycles. The van der Waals surface area contributed by atoms with Gasteiger partial charge in [0.2, 0.25) is 0 Å². The Hall–Kier alpha value is -3.88. The summed E-state index contributed by atoms with van der Waals surface area (Å²) in [5, 5.41) is 2.93. The van der Waals surface area contributed by atoms with E-state index in [-0.39, 0.29) is 11.8 Å². The first-order valence-electron chi connectivity index (χ1n) is 11.5. The topological polar surface area (TPSA) is 79.8 Å². The number of carbonyl (C=O) groups is 1. The monoisotopic (exact) mass is 479 g/mol. The maximum atomic E-state index is 14.4. The van der Waals surface area contributed by atoms with Crippen molar-refractivity contribution in [3.63, 3.8) is 0 Å². The van der Waals surface area contributed by atoms with E-state index in [0.29, 0.717) is 61.2 Å². The smallest absolute Gasteiger partial charge is 0.322 e. The van der Waals surface area contributed by atoms with Crippen LogP contribution in [0.3, 0.4) is 0 Å². The number of nitrogens with zero attached hydrogens (tertiary/aromatic N) is 4. The molecule has 0 aliphatic carbocycles. The van der Waals surface area contributed by atoms with Crippen molar-refractivity contribution in [3.05, 3.63) is 70.9 Å². The van der Waals surface area contributed by atoms with E-state index in [1.165, 1.54) is 6.07 Å². The van der Waals surface area contributed by atoms with Crippen LogP contribution in [0, 0.1) is 19.7 Å². The number of anilines is 2. The zero-order valence-corrected chi connectivity index (χ0v) is 20.5. The fraction of sp³-hybridized carbons (Fsp3) is 0.346. The summed E-state index contributed by atoms with van der Waals surface area (Å²) in [7, 11) is 3.13. The average Bonchev–Trinajstić information content (AvgIpc) is 2.87. The lowest BCUT2D eigenvalue weighted by molar-refractivity contribution is 0.208. The fourth-order valence-electron chi connectivity index (χ4n) is 4.24. The van der Waals surface area contributed by atoms with Crippen molar-refractivity contribution in [3.8, 4) is 11.5 Å². The van der Waals surface area contributed by atoms with Gasteiger partial charge in [0.15, 0.2) is 0 Å².